The number of ether oxygens (including phenoxy) is 2. The SMILES string of the molecule is O=C(Nc1ccc2c(c1)OCO2)c1cc2c3c(c1)CCC(=O)N3CCC2. The van der Waals surface area contributed by atoms with Gasteiger partial charge in [0.1, 0.15) is 0 Å². The number of carbonyl (C=O) groups is 2. The predicted molar refractivity (Wildman–Crippen MR) is 96.0 cm³/mol. The number of nitrogens with zero attached hydrogens (tertiary/aromatic N) is 1. The minimum Gasteiger partial charge on any atom is -0.454 e. The Bertz CT molecular complexity index is 920. The van der Waals surface area contributed by atoms with Crippen molar-refractivity contribution in [2.24, 2.45) is 0 Å². The van der Waals surface area contributed by atoms with E-state index in [2.05, 4.69) is 5.32 Å². The Morgan fingerprint density at radius 2 is 1.81 bits per heavy atom. The summed E-state index contributed by atoms with van der Waals surface area (Å²) in [5.41, 5.74) is 4.53. The zero-order chi connectivity index (χ0) is 17.7. The molecule has 3 heterocycles. The molecule has 0 aliphatic carbocycles. The first kappa shape index (κ1) is 15.3. The molecule has 0 radical (unpaired) electrons. The van der Waals surface area contributed by atoms with Crippen molar-refractivity contribution in [3.05, 3.63) is 47.0 Å². The average molecular weight is 350 g/mol. The number of carbonyl (C=O) groups excluding carboxylic acids is 2. The van der Waals surface area contributed by atoms with Crippen LogP contribution in [0.4, 0.5) is 11.4 Å². The number of rotatable bonds is 2. The summed E-state index contributed by atoms with van der Waals surface area (Å²) < 4.78 is 10.6. The molecule has 132 valence electrons. The standard InChI is InChI=1S/C20H18N2O4/c23-18-6-3-13-9-14(8-12-2-1-7-22(18)19(12)13)20(24)21-15-4-5-16-17(10-15)26-11-25-16/h4-5,8-10H,1-3,6-7,11H2,(H,21,24). The first-order chi connectivity index (χ1) is 12.7. The van der Waals surface area contributed by atoms with Crippen LogP contribution in [0, 0.1) is 0 Å². The fraction of sp³-hybridized carbons (Fsp3) is 0.300. The van der Waals surface area contributed by atoms with Crippen molar-refractivity contribution in [3.8, 4) is 11.5 Å². The monoisotopic (exact) mass is 350 g/mol. The Labute approximate surface area is 150 Å². The van der Waals surface area contributed by atoms with Crippen LogP contribution in [0.15, 0.2) is 30.3 Å². The maximum absolute atomic E-state index is 12.8. The molecule has 6 nitrogen and oxygen atoms in total. The molecular formula is C20H18N2O4. The normalized spacial score (nSPS) is 17.1. The van der Waals surface area contributed by atoms with E-state index in [0.29, 0.717) is 35.6 Å². The van der Waals surface area contributed by atoms with Crippen LogP contribution >= 0.6 is 0 Å². The largest absolute Gasteiger partial charge is 0.454 e. The molecule has 0 spiro atoms. The Balaban J connectivity index is 1.45. The summed E-state index contributed by atoms with van der Waals surface area (Å²) in [6.45, 7) is 0.984. The highest BCUT2D eigenvalue weighted by Gasteiger charge is 2.30. The predicted octanol–water partition coefficient (Wildman–Crippen LogP) is 2.89. The molecule has 6 heteroatoms. The van der Waals surface area contributed by atoms with E-state index in [4.69, 9.17) is 9.47 Å². The van der Waals surface area contributed by atoms with Gasteiger partial charge in [-0.2, -0.15) is 0 Å². The summed E-state index contributed by atoms with van der Waals surface area (Å²) in [6.07, 6.45) is 3.05. The lowest BCUT2D eigenvalue weighted by Crippen LogP contribution is -2.39. The number of amides is 2. The second-order valence-electron chi connectivity index (χ2n) is 6.81. The maximum Gasteiger partial charge on any atom is 0.255 e. The summed E-state index contributed by atoms with van der Waals surface area (Å²) in [4.78, 5) is 26.8. The molecule has 2 amide bonds. The lowest BCUT2D eigenvalue weighted by atomic mass is 9.89. The number of nitrogens with one attached hydrogen (secondary N) is 1. The quantitative estimate of drug-likeness (QED) is 0.904. The van der Waals surface area contributed by atoms with E-state index < -0.39 is 0 Å². The lowest BCUT2D eigenvalue weighted by molar-refractivity contribution is -0.119. The number of benzene rings is 2. The third kappa shape index (κ3) is 2.41. The maximum atomic E-state index is 12.8. The summed E-state index contributed by atoms with van der Waals surface area (Å²) in [6, 6.07) is 9.20. The van der Waals surface area contributed by atoms with Crippen LogP contribution in [0.25, 0.3) is 0 Å². The van der Waals surface area contributed by atoms with Crippen molar-refractivity contribution in [3.63, 3.8) is 0 Å². The Morgan fingerprint density at radius 3 is 2.69 bits per heavy atom. The smallest absolute Gasteiger partial charge is 0.255 e. The van der Waals surface area contributed by atoms with E-state index in [1.165, 1.54) is 0 Å². The van der Waals surface area contributed by atoms with Crippen LogP contribution in [-0.2, 0) is 17.6 Å². The van der Waals surface area contributed by atoms with Crippen molar-refractivity contribution in [1.82, 2.24) is 0 Å². The van der Waals surface area contributed by atoms with Crippen LogP contribution in [0.1, 0.15) is 34.3 Å². The van der Waals surface area contributed by atoms with E-state index >= 15 is 0 Å². The van der Waals surface area contributed by atoms with Gasteiger partial charge in [0.25, 0.3) is 5.91 Å². The molecule has 0 atom stereocenters. The highest BCUT2D eigenvalue weighted by Crippen LogP contribution is 2.37. The molecule has 2 aromatic rings. The number of anilines is 2. The van der Waals surface area contributed by atoms with Gasteiger partial charge in [-0.25, -0.2) is 0 Å². The lowest BCUT2D eigenvalue weighted by Gasteiger charge is -2.35. The molecule has 26 heavy (non-hydrogen) atoms. The number of aryl methyl sites for hydroxylation is 2. The summed E-state index contributed by atoms with van der Waals surface area (Å²) in [5.74, 6) is 1.36. The Hall–Kier alpha value is -3.02. The molecule has 2 aromatic carbocycles. The second kappa shape index (κ2) is 5.76. The van der Waals surface area contributed by atoms with E-state index in [9.17, 15) is 9.59 Å². The van der Waals surface area contributed by atoms with Gasteiger partial charge >= 0.3 is 0 Å². The van der Waals surface area contributed by atoms with Gasteiger partial charge in [-0.3, -0.25) is 9.59 Å². The fourth-order valence-corrected chi connectivity index (χ4v) is 3.96. The number of fused-ring (bicyclic) bond motifs is 1. The highest BCUT2D eigenvalue weighted by atomic mass is 16.7. The third-order valence-electron chi connectivity index (χ3n) is 5.17. The van der Waals surface area contributed by atoms with Crippen molar-refractivity contribution in [1.29, 1.82) is 0 Å². The molecular weight excluding hydrogens is 332 g/mol. The molecule has 0 fully saturated rings. The summed E-state index contributed by atoms with van der Waals surface area (Å²) >= 11 is 0. The van der Waals surface area contributed by atoms with Gasteiger partial charge in [-0.05, 0) is 54.7 Å². The molecule has 0 bridgehead atoms. The van der Waals surface area contributed by atoms with Gasteiger partial charge in [-0.1, -0.05) is 0 Å². The Morgan fingerprint density at radius 1 is 1.00 bits per heavy atom. The van der Waals surface area contributed by atoms with Crippen molar-refractivity contribution >= 4 is 23.2 Å². The molecule has 3 aliphatic heterocycles. The zero-order valence-corrected chi connectivity index (χ0v) is 14.2. The molecule has 5 rings (SSSR count). The van der Waals surface area contributed by atoms with Gasteiger partial charge in [-0.15, -0.1) is 0 Å². The topological polar surface area (TPSA) is 67.9 Å². The van der Waals surface area contributed by atoms with Crippen LogP contribution in [-0.4, -0.2) is 25.2 Å². The van der Waals surface area contributed by atoms with E-state index in [0.717, 1.165) is 36.2 Å². The molecule has 0 saturated carbocycles. The van der Waals surface area contributed by atoms with E-state index in [1.54, 1.807) is 18.2 Å². The number of hydrogen-bond acceptors (Lipinski definition) is 4. The van der Waals surface area contributed by atoms with Gasteiger partial charge in [0.05, 0.1) is 5.69 Å². The highest BCUT2D eigenvalue weighted by molar-refractivity contribution is 6.06. The van der Waals surface area contributed by atoms with E-state index in [1.807, 2.05) is 17.0 Å². The molecule has 0 aromatic heterocycles. The van der Waals surface area contributed by atoms with Crippen LogP contribution in [0.3, 0.4) is 0 Å². The minimum absolute atomic E-state index is 0.156. The first-order valence-corrected chi connectivity index (χ1v) is 8.86. The van der Waals surface area contributed by atoms with Crippen molar-refractivity contribution in [2.45, 2.75) is 25.7 Å². The molecule has 0 saturated heterocycles. The average Bonchev–Trinajstić information content (AvgIpc) is 3.12. The molecule has 1 N–H and O–H groups in total. The van der Waals surface area contributed by atoms with Crippen molar-refractivity contribution in [2.75, 3.05) is 23.6 Å². The zero-order valence-electron chi connectivity index (χ0n) is 14.2. The first-order valence-electron chi connectivity index (χ1n) is 8.86. The second-order valence-corrected chi connectivity index (χ2v) is 6.81. The van der Waals surface area contributed by atoms with Gasteiger partial charge in [0.2, 0.25) is 12.7 Å². The minimum atomic E-state index is -0.156. The summed E-state index contributed by atoms with van der Waals surface area (Å²) in [5, 5.41) is 2.93. The van der Waals surface area contributed by atoms with Crippen molar-refractivity contribution < 1.29 is 19.1 Å². The molecule has 0 unspecified atom stereocenters. The fourth-order valence-electron chi connectivity index (χ4n) is 3.96. The molecule has 3 aliphatic rings. The van der Waals surface area contributed by atoms with Gasteiger partial charge < -0.3 is 19.7 Å². The van der Waals surface area contributed by atoms with E-state index in [-0.39, 0.29) is 18.6 Å². The van der Waals surface area contributed by atoms with Crippen LogP contribution < -0.4 is 19.7 Å². The van der Waals surface area contributed by atoms with Crippen LogP contribution in [0.5, 0.6) is 11.5 Å². The van der Waals surface area contributed by atoms with Crippen LogP contribution in [0.2, 0.25) is 0 Å². The van der Waals surface area contributed by atoms with Gasteiger partial charge in [0, 0.05) is 30.3 Å². The van der Waals surface area contributed by atoms with Gasteiger partial charge in [0.15, 0.2) is 11.5 Å². The third-order valence-corrected chi connectivity index (χ3v) is 5.17. The number of hydrogen-bond donors (Lipinski definition) is 1. The Kier molecular flexibility index (Phi) is 3.38. The summed E-state index contributed by atoms with van der Waals surface area (Å²) in [7, 11) is 0.